The molecule has 0 unspecified atom stereocenters. The lowest BCUT2D eigenvalue weighted by Crippen LogP contribution is -2.44. The molecule has 11 heteroatoms. The highest BCUT2D eigenvalue weighted by molar-refractivity contribution is 5.95. The van der Waals surface area contributed by atoms with Gasteiger partial charge < -0.3 is 10.6 Å². The maximum atomic E-state index is 14.2. The molecule has 0 saturated carbocycles. The van der Waals surface area contributed by atoms with E-state index in [0.29, 0.717) is 11.5 Å². The topological polar surface area (TPSA) is 101 Å². The van der Waals surface area contributed by atoms with E-state index < -0.39 is 29.2 Å². The van der Waals surface area contributed by atoms with Crippen molar-refractivity contribution in [3.05, 3.63) is 64.6 Å². The highest BCUT2D eigenvalue weighted by Gasteiger charge is 2.38. The van der Waals surface area contributed by atoms with Gasteiger partial charge in [0, 0.05) is 31.1 Å². The molecule has 4 N–H and O–H groups in total. The van der Waals surface area contributed by atoms with Gasteiger partial charge in [0.15, 0.2) is 11.5 Å². The average molecular weight is 410 g/mol. The normalized spacial score (nSPS) is 14.9. The number of hydrogen-bond acceptors (Lipinski definition) is 6. The number of aryl methyl sites for hydroxylation is 1. The van der Waals surface area contributed by atoms with Gasteiger partial charge >= 0.3 is 6.18 Å². The number of nitrogens with two attached hydrogens (primary N) is 2. The van der Waals surface area contributed by atoms with Crippen LogP contribution in [0.15, 0.2) is 42.0 Å². The monoisotopic (exact) mass is 410 g/mol. The third-order valence-electron chi connectivity index (χ3n) is 4.46. The van der Waals surface area contributed by atoms with E-state index in [0.717, 1.165) is 22.7 Å². The second-order valence-electron chi connectivity index (χ2n) is 6.53. The van der Waals surface area contributed by atoms with E-state index in [1.54, 1.807) is 18.3 Å². The molecular formula is C18H18F4N6O. The molecule has 0 spiro atoms. The molecule has 0 saturated heterocycles. The Bertz CT molecular complexity index is 975. The summed E-state index contributed by atoms with van der Waals surface area (Å²) in [5, 5.41) is 1.30. The van der Waals surface area contributed by atoms with E-state index in [1.165, 1.54) is 5.01 Å². The zero-order chi connectivity index (χ0) is 21.3. The highest BCUT2D eigenvalue weighted by atomic mass is 19.4. The summed E-state index contributed by atoms with van der Waals surface area (Å²) in [6, 6.07) is 4.46. The quantitative estimate of drug-likeness (QED) is 0.458. The highest BCUT2D eigenvalue weighted by Crippen LogP contribution is 2.31. The van der Waals surface area contributed by atoms with Gasteiger partial charge in [-0.1, -0.05) is 0 Å². The van der Waals surface area contributed by atoms with Gasteiger partial charge in [0.05, 0.1) is 17.8 Å². The van der Waals surface area contributed by atoms with Crippen LogP contribution in [0.3, 0.4) is 0 Å². The summed E-state index contributed by atoms with van der Waals surface area (Å²) in [7, 11) is 0. The molecule has 29 heavy (non-hydrogen) atoms. The van der Waals surface area contributed by atoms with E-state index in [-0.39, 0.29) is 25.2 Å². The van der Waals surface area contributed by atoms with E-state index in [2.05, 4.69) is 9.97 Å². The van der Waals surface area contributed by atoms with Crippen LogP contribution in [-0.2, 0) is 6.18 Å². The lowest BCUT2D eigenvalue weighted by atomic mass is 10.1. The second-order valence-corrected chi connectivity index (χ2v) is 6.53. The number of anilines is 1. The number of halogens is 4. The van der Waals surface area contributed by atoms with Gasteiger partial charge in [-0.2, -0.15) is 13.2 Å². The third-order valence-corrected chi connectivity index (χ3v) is 4.46. The lowest BCUT2D eigenvalue weighted by molar-refractivity contribution is -0.143. The largest absolute Gasteiger partial charge is 0.436 e. The molecule has 2 aromatic rings. The predicted molar refractivity (Wildman–Crippen MR) is 96.6 cm³/mol. The first kappa shape index (κ1) is 20.5. The van der Waals surface area contributed by atoms with Crippen LogP contribution in [-0.4, -0.2) is 33.9 Å². The van der Waals surface area contributed by atoms with Crippen LogP contribution in [0, 0.1) is 12.7 Å². The Labute approximate surface area is 163 Å². The molecule has 0 aliphatic carbocycles. The molecular weight excluding hydrogens is 392 g/mol. The lowest BCUT2D eigenvalue weighted by Gasteiger charge is -2.33. The Morgan fingerprint density at radius 3 is 2.55 bits per heavy atom. The number of nitrogens with zero attached hydrogens (tertiary/aromatic N) is 4. The van der Waals surface area contributed by atoms with Gasteiger partial charge in [-0.05, 0) is 30.7 Å². The Morgan fingerprint density at radius 2 is 1.93 bits per heavy atom. The molecule has 1 amide bonds. The van der Waals surface area contributed by atoms with Gasteiger partial charge in [-0.25, -0.2) is 20.2 Å². The maximum absolute atomic E-state index is 14.2. The molecule has 0 radical (unpaired) electrons. The first-order valence-electron chi connectivity index (χ1n) is 8.55. The second kappa shape index (κ2) is 7.66. The summed E-state index contributed by atoms with van der Waals surface area (Å²) in [5.41, 5.74) is 5.30. The first-order chi connectivity index (χ1) is 13.6. The molecule has 7 nitrogen and oxygen atoms in total. The minimum atomic E-state index is -5.00. The van der Waals surface area contributed by atoms with E-state index >= 15 is 0 Å². The van der Waals surface area contributed by atoms with Gasteiger partial charge in [-0.15, -0.1) is 0 Å². The molecule has 154 valence electrons. The summed E-state index contributed by atoms with van der Waals surface area (Å²) >= 11 is 0. The number of hydrogen-bond donors (Lipinski definition) is 2. The van der Waals surface area contributed by atoms with Crippen LogP contribution in [0.4, 0.5) is 23.4 Å². The van der Waals surface area contributed by atoms with Crippen molar-refractivity contribution in [2.45, 2.75) is 19.5 Å². The minimum Gasteiger partial charge on any atom is -0.399 e. The van der Waals surface area contributed by atoms with E-state index in [1.807, 2.05) is 6.92 Å². The van der Waals surface area contributed by atoms with Crippen molar-refractivity contribution >= 4 is 11.7 Å². The Kier molecular flexibility index (Phi) is 5.42. The standard InChI is InChI=1S/C18H18F4N6O/c1-10-2-5-25-14(8-10)28(24)13-4-7-27(9-12(13)23)17(29)11-3-6-26-16(15(11)19)18(20,21)22/h2-3,5-6,8H,4,7,9,23-24H2,1H3. The number of carbonyl (C=O) groups is 1. The van der Waals surface area contributed by atoms with Crippen LogP contribution in [0.1, 0.15) is 28.0 Å². The van der Waals surface area contributed by atoms with Crippen LogP contribution in [0.25, 0.3) is 0 Å². The Morgan fingerprint density at radius 1 is 1.24 bits per heavy atom. The zero-order valence-electron chi connectivity index (χ0n) is 15.4. The summed E-state index contributed by atoms with van der Waals surface area (Å²) in [4.78, 5) is 20.9. The number of hydrazine groups is 1. The van der Waals surface area contributed by atoms with Crippen molar-refractivity contribution in [1.29, 1.82) is 0 Å². The van der Waals surface area contributed by atoms with Crippen LogP contribution in [0.5, 0.6) is 0 Å². The number of amides is 1. The van der Waals surface area contributed by atoms with Gasteiger partial charge in [-0.3, -0.25) is 9.80 Å². The molecule has 0 atom stereocenters. The van der Waals surface area contributed by atoms with Crippen LogP contribution >= 0.6 is 0 Å². The number of pyridine rings is 2. The summed E-state index contributed by atoms with van der Waals surface area (Å²) in [6.45, 7) is 1.85. The molecule has 0 bridgehead atoms. The van der Waals surface area contributed by atoms with Gasteiger partial charge in [0.25, 0.3) is 5.91 Å². The smallest absolute Gasteiger partial charge is 0.399 e. The molecule has 3 heterocycles. The van der Waals surface area contributed by atoms with Crippen molar-refractivity contribution in [3.8, 4) is 0 Å². The fourth-order valence-corrected chi connectivity index (χ4v) is 2.99. The summed E-state index contributed by atoms with van der Waals surface area (Å²) in [6.07, 6.45) is -2.44. The number of carbonyl (C=O) groups excluding carboxylic acids is 1. The van der Waals surface area contributed by atoms with Crippen molar-refractivity contribution in [1.82, 2.24) is 14.9 Å². The number of rotatable bonds is 3. The molecule has 1 aliphatic heterocycles. The van der Waals surface area contributed by atoms with Crippen molar-refractivity contribution in [2.75, 3.05) is 18.1 Å². The van der Waals surface area contributed by atoms with Crippen molar-refractivity contribution in [3.63, 3.8) is 0 Å². The average Bonchev–Trinajstić information content (AvgIpc) is 2.66. The Balaban J connectivity index is 1.83. The predicted octanol–water partition coefficient (Wildman–Crippen LogP) is 2.34. The zero-order valence-corrected chi connectivity index (χ0v) is 15.4. The molecule has 1 aliphatic rings. The van der Waals surface area contributed by atoms with E-state index in [9.17, 15) is 22.4 Å². The maximum Gasteiger partial charge on any atom is 0.436 e. The van der Waals surface area contributed by atoms with Crippen LogP contribution < -0.4 is 16.6 Å². The molecule has 0 fully saturated rings. The Hall–Kier alpha value is -3.21. The van der Waals surface area contributed by atoms with Gasteiger partial charge in [0.2, 0.25) is 0 Å². The summed E-state index contributed by atoms with van der Waals surface area (Å²) < 4.78 is 52.8. The minimum absolute atomic E-state index is 0.0947. The molecule has 2 aromatic heterocycles. The molecule has 0 aromatic carbocycles. The fourth-order valence-electron chi connectivity index (χ4n) is 2.99. The number of alkyl halides is 3. The van der Waals surface area contributed by atoms with Gasteiger partial charge in [0.1, 0.15) is 5.82 Å². The number of aromatic nitrogens is 2. The van der Waals surface area contributed by atoms with Crippen LogP contribution in [0.2, 0.25) is 0 Å². The fraction of sp³-hybridized carbons (Fsp3) is 0.278. The molecule has 3 rings (SSSR count). The van der Waals surface area contributed by atoms with Crippen molar-refractivity contribution in [2.24, 2.45) is 11.6 Å². The SMILES string of the molecule is Cc1ccnc(N(N)C2=C(N)CN(C(=O)c3ccnc(C(F)(F)F)c3F)CC2)c1. The van der Waals surface area contributed by atoms with Crippen molar-refractivity contribution < 1.29 is 22.4 Å². The first-order valence-corrected chi connectivity index (χ1v) is 8.55. The summed E-state index contributed by atoms with van der Waals surface area (Å²) in [5.74, 6) is 3.93. The van der Waals surface area contributed by atoms with E-state index in [4.69, 9.17) is 11.6 Å². The third kappa shape index (κ3) is 4.14.